The number of hydrogen-bond acceptors (Lipinski definition) is 3. The lowest BCUT2D eigenvalue weighted by Crippen LogP contribution is -2.40. The normalized spacial score (nSPS) is 32.4. The number of alkyl halides is 1. The number of rotatable bonds is 3. The summed E-state index contributed by atoms with van der Waals surface area (Å²) in [5.41, 5.74) is 0.378. The van der Waals surface area contributed by atoms with E-state index < -0.39 is 18.1 Å². The van der Waals surface area contributed by atoms with Crippen LogP contribution in [0.15, 0.2) is 11.8 Å². The topological polar surface area (TPSA) is 63.6 Å². The lowest BCUT2D eigenvalue weighted by Gasteiger charge is -2.35. The molecule has 17 heavy (non-hydrogen) atoms. The number of fused-ring (bicyclic) bond motifs is 1. The van der Waals surface area contributed by atoms with Gasteiger partial charge in [-0.1, -0.05) is 0 Å². The molecule has 0 bridgehead atoms. The SMILES string of the molecule is O=C(O)CCC1=COC2CCC(F)CC2C1=O. The van der Waals surface area contributed by atoms with E-state index in [2.05, 4.69) is 0 Å². The molecule has 4 nitrogen and oxygen atoms in total. The summed E-state index contributed by atoms with van der Waals surface area (Å²) in [4.78, 5) is 22.5. The van der Waals surface area contributed by atoms with Gasteiger partial charge in [0.1, 0.15) is 12.3 Å². The molecule has 0 saturated heterocycles. The third-order valence-corrected chi connectivity index (χ3v) is 3.37. The van der Waals surface area contributed by atoms with E-state index in [1.807, 2.05) is 0 Å². The Balaban J connectivity index is 2.03. The van der Waals surface area contributed by atoms with E-state index in [9.17, 15) is 14.0 Å². The van der Waals surface area contributed by atoms with Gasteiger partial charge in [0.15, 0.2) is 5.78 Å². The molecule has 1 saturated carbocycles. The van der Waals surface area contributed by atoms with Crippen molar-refractivity contribution < 1.29 is 23.8 Å². The summed E-state index contributed by atoms with van der Waals surface area (Å²) in [6.07, 6.45) is 1.46. The fraction of sp³-hybridized carbons (Fsp3) is 0.667. The van der Waals surface area contributed by atoms with Crippen molar-refractivity contribution in [1.82, 2.24) is 0 Å². The van der Waals surface area contributed by atoms with Gasteiger partial charge in [-0.05, 0) is 25.7 Å². The van der Waals surface area contributed by atoms with Crippen LogP contribution in [0.1, 0.15) is 32.1 Å². The predicted octanol–water partition coefficient (Wildman–Crippen LogP) is 1.84. The molecule has 5 heteroatoms. The predicted molar refractivity (Wildman–Crippen MR) is 57.1 cm³/mol. The maximum atomic E-state index is 13.2. The van der Waals surface area contributed by atoms with Crippen molar-refractivity contribution in [1.29, 1.82) is 0 Å². The minimum absolute atomic E-state index is 0.0998. The quantitative estimate of drug-likeness (QED) is 0.820. The summed E-state index contributed by atoms with van der Waals surface area (Å²) >= 11 is 0. The fourth-order valence-electron chi connectivity index (χ4n) is 2.42. The van der Waals surface area contributed by atoms with Crippen LogP contribution < -0.4 is 0 Å². The molecule has 0 aromatic rings. The molecule has 3 atom stereocenters. The molecule has 3 unspecified atom stereocenters. The van der Waals surface area contributed by atoms with Gasteiger partial charge < -0.3 is 9.84 Å². The molecule has 0 aromatic heterocycles. The molecule has 1 fully saturated rings. The highest BCUT2D eigenvalue weighted by Crippen LogP contribution is 2.35. The second-order valence-electron chi connectivity index (χ2n) is 4.59. The van der Waals surface area contributed by atoms with Crippen LogP contribution in [-0.2, 0) is 14.3 Å². The molecule has 1 heterocycles. The van der Waals surface area contributed by atoms with Crippen molar-refractivity contribution in [2.24, 2.45) is 5.92 Å². The first kappa shape index (κ1) is 12.1. The van der Waals surface area contributed by atoms with Gasteiger partial charge in [0.05, 0.1) is 12.2 Å². The van der Waals surface area contributed by atoms with Gasteiger partial charge in [0.25, 0.3) is 0 Å². The summed E-state index contributed by atoms with van der Waals surface area (Å²) in [6, 6.07) is 0. The van der Waals surface area contributed by atoms with Crippen molar-refractivity contribution in [3.05, 3.63) is 11.8 Å². The summed E-state index contributed by atoms with van der Waals surface area (Å²) in [5, 5.41) is 8.57. The van der Waals surface area contributed by atoms with Crippen LogP contribution in [0.2, 0.25) is 0 Å². The smallest absolute Gasteiger partial charge is 0.303 e. The number of hydrogen-bond donors (Lipinski definition) is 1. The second-order valence-corrected chi connectivity index (χ2v) is 4.59. The maximum Gasteiger partial charge on any atom is 0.303 e. The van der Waals surface area contributed by atoms with E-state index >= 15 is 0 Å². The van der Waals surface area contributed by atoms with Gasteiger partial charge in [0.2, 0.25) is 0 Å². The van der Waals surface area contributed by atoms with Crippen LogP contribution in [0.25, 0.3) is 0 Å². The third kappa shape index (κ3) is 2.65. The molecular formula is C12H15FO4. The van der Waals surface area contributed by atoms with Gasteiger partial charge in [-0.25, -0.2) is 4.39 Å². The Morgan fingerprint density at radius 1 is 1.53 bits per heavy atom. The van der Waals surface area contributed by atoms with Crippen LogP contribution in [0.3, 0.4) is 0 Å². The lowest BCUT2D eigenvalue weighted by molar-refractivity contribution is -0.137. The molecular weight excluding hydrogens is 227 g/mol. The zero-order chi connectivity index (χ0) is 12.4. The number of carboxylic acids is 1. The first-order valence-corrected chi connectivity index (χ1v) is 5.82. The number of ether oxygens (including phenoxy) is 1. The minimum atomic E-state index is -0.951. The number of allylic oxidation sites excluding steroid dienone is 1. The Bertz CT molecular complexity index is 364. The average molecular weight is 242 g/mol. The van der Waals surface area contributed by atoms with Crippen LogP contribution in [0, 0.1) is 5.92 Å². The molecule has 1 aliphatic heterocycles. The number of carbonyl (C=O) groups excluding carboxylic acids is 1. The number of aliphatic carboxylic acids is 1. The van der Waals surface area contributed by atoms with Gasteiger partial charge in [-0.3, -0.25) is 9.59 Å². The summed E-state index contributed by atoms with van der Waals surface area (Å²) < 4.78 is 18.7. The van der Waals surface area contributed by atoms with Crippen LogP contribution in [0.5, 0.6) is 0 Å². The summed E-state index contributed by atoms with van der Waals surface area (Å²) in [6.45, 7) is 0. The third-order valence-electron chi connectivity index (χ3n) is 3.37. The average Bonchev–Trinajstić information content (AvgIpc) is 2.29. The van der Waals surface area contributed by atoms with E-state index in [0.717, 1.165) is 0 Å². The van der Waals surface area contributed by atoms with Crippen molar-refractivity contribution in [2.75, 3.05) is 0 Å². The number of ketones is 1. The van der Waals surface area contributed by atoms with Gasteiger partial charge in [-0.15, -0.1) is 0 Å². The molecule has 0 aromatic carbocycles. The number of carboxylic acid groups (broad SMARTS) is 1. The highest BCUT2D eigenvalue weighted by Gasteiger charge is 2.40. The highest BCUT2D eigenvalue weighted by atomic mass is 19.1. The Morgan fingerprint density at radius 3 is 3.00 bits per heavy atom. The van der Waals surface area contributed by atoms with E-state index in [0.29, 0.717) is 18.4 Å². The summed E-state index contributed by atoms with van der Waals surface area (Å²) in [5.74, 6) is -1.51. The summed E-state index contributed by atoms with van der Waals surface area (Å²) in [7, 11) is 0. The van der Waals surface area contributed by atoms with Gasteiger partial charge >= 0.3 is 5.97 Å². The fourth-order valence-corrected chi connectivity index (χ4v) is 2.42. The molecule has 94 valence electrons. The zero-order valence-electron chi connectivity index (χ0n) is 9.39. The largest absolute Gasteiger partial charge is 0.497 e. The van der Waals surface area contributed by atoms with Crippen molar-refractivity contribution in [3.63, 3.8) is 0 Å². The molecule has 0 radical (unpaired) electrons. The molecule has 0 amide bonds. The van der Waals surface area contributed by atoms with Crippen LogP contribution in [0.4, 0.5) is 4.39 Å². The molecule has 0 spiro atoms. The minimum Gasteiger partial charge on any atom is -0.497 e. The van der Waals surface area contributed by atoms with Crippen molar-refractivity contribution in [2.45, 2.75) is 44.4 Å². The number of Topliss-reactive ketones (excluding diaryl/α,β-unsaturated/α-hetero) is 1. The van der Waals surface area contributed by atoms with E-state index in [4.69, 9.17) is 9.84 Å². The number of carbonyl (C=O) groups is 2. The molecule has 1 aliphatic carbocycles. The Morgan fingerprint density at radius 2 is 2.29 bits per heavy atom. The van der Waals surface area contributed by atoms with Crippen LogP contribution >= 0.6 is 0 Å². The Hall–Kier alpha value is -1.39. The van der Waals surface area contributed by atoms with E-state index in [-0.39, 0.29) is 31.1 Å². The molecule has 1 N–H and O–H groups in total. The molecule has 2 rings (SSSR count). The zero-order valence-corrected chi connectivity index (χ0v) is 9.39. The maximum absolute atomic E-state index is 13.2. The molecule has 2 aliphatic rings. The van der Waals surface area contributed by atoms with Crippen molar-refractivity contribution >= 4 is 11.8 Å². The van der Waals surface area contributed by atoms with Gasteiger partial charge in [-0.2, -0.15) is 0 Å². The first-order chi connectivity index (χ1) is 8.08. The van der Waals surface area contributed by atoms with Crippen molar-refractivity contribution in [3.8, 4) is 0 Å². The second kappa shape index (κ2) is 4.85. The monoisotopic (exact) mass is 242 g/mol. The lowest BCUT2D eigenvalue weighted by atomic mass is 9.78. The highest BCUT2D eigenvalue weighted by molar-refractivity contribution is 5.98. The Labute approximate surface area is 98.4 Å². The first-order valence-electron chi connectivity index (χ1n) is 5.82. The number of halogens is 1. The Kier molecular flexibility index (Phi) is 3.45. The standard InChI is InChI=1S/C12H15FO4/c13-8-2-3-10-9(5-8)12(16)7(6-17-10)1-4-11(14)15/h6,8-10H,1-5H2,(H,14,15). The van der Waals surface area contributed by atoms with E-state index in [1.165, 1.54) is 6.26 Å². The van der Waals surface area contributed by atoms with Crippen LogP contribution in [-0.4, -0.2) is 29.1 Å². The van der Waals surface area contributed by atoms with Gasteiger partial charge in [0, 0.05) is 12.0 Å². The van der Waals surface area contributed by atoms with E-state index in [1.54, 1.807) is 0 Å².